The Labute approximate surface area is 169 Å². The maximum absolute atomic E-state index is 13.9. The lowest BCUT2D eigenvalue weighted by Crippen LogP contribution is -2.56. The molecule has 1 amide bonds. The maximum Gasteiger partial charge on any atom is 0.246 e. The van der Waals surface area contributed by atoms with E-state index in [4.69, 9.17) is 0 Å². The summed E-state index contributed by atoms with van der Waals surface area (Å²) < 4.78 is 43.8. The number of piperidine rings is 1. The van der Waals surface area contributed by atoms with Crippen molar-refractivity contribution < 1.29 is 17.6 Å². The zero-order valence-electron chi connectivity index (χ0n) is 16.6. The number of nitrogens with one attached hydrogen (secondary N) is 1. The van der Waals surface area contributed by atoms with Gasteiger partial charge in [0.15, 0.2) is 0 Å². The van der Waals surface area contributed by atoms with Crippen LogP contribution in [0.1, 0.15) is 43.4 Å². The van der Waals surface area contributed by atoms with Crippen LogP contribution in [0.2, 0.25) is 0 Å². The highest BCUT2D eigenvalue weighted by atomic mass is 32.2. The van der Waals surface area contributed by atoms with Crippen LogP contribution < -0.4 is 5.32 Å². The Morgan fingerprint density at radius 1 is 1.38 bits per heavy atom. The van der Waals surface area contributed by atoms with Crippen LogP contribution in [0.3, 0.4) is 0 Å². The van der Waals surface area contributed by atoms with Crippen LogP contribution in [-0.4, -0.2) is 47.0 Å². The standard InChI is InChI=1S/C20H25FN4O3S/c1-3-24-12-18(14(2)23-24)29(27,28)25-11-17(15-6-4-7-16(21)10-15)20(13-25)9-5-8-19(26)22-20/h4,6-7,10,12,17H,3,5,8-9,11,13H2,1-2H3,(H,22,26)/t17-,20+/m0/s1. The first-order valence-corrected chi connectivity index (χ1v) is 11.3. The molecule has 2 saturated heterocycles. The van der Waals surface area contributed by atoms with Crippen LogP contribution in [0.4, 0.5) is 4.39 Å². The smallest absolute Gasteiger partial charge is 0.246 e. The highest BCUT2D eigenvalue weighted by Gasteiger charge is 2.52. The van der Waals surface area contributed by atoms with Crippen molar-refractivity contribution >= 4 is 15.9 Å². The summed E-state index contributed by atoms with van der Waals surface area (Å²) >= 11 is 0. The van der Waals surface area contributed by atoms with Gasteiger partial charge in [0.2, 0.25) is 15.9 Å². The molecule has 1 N–H and O–H groups in total. The number of hydrogen-bond donors (Lipinski definition) is 1. The summed E-state index contributed by atoms with van der Waals surface area (Å²) in [5.74, 6) is -0.785. The van der Waals surface area contributed by atoms with Crippen molar-refractivity contribution in [1.82, 2.24) is 19.4 Å². The van der Waals surface area contributed by atoms with Crippen LogP contribution >= 0.6 is 0 Å². The zero-order chi connectivity index (χ0) is 20.8. The van der Waals surface area contributed by atoms with Gasteiger partial charge in [0.25, 0.3) is 0 Å². The van der Waals surface area contributed by atoms with E-state index in [1.807, 2.05) is 6.92 Å². The quantitative estimate of drug-likeness (QED) is 0.822. The second kappa shape index (κ2) is 7.21. The average molecular weight is 421 g/mol. The molecular weight excluding hydrogens is 395 g/mol. The molecule has 1 aromatic carbocycles. The van der Waals surface area contributed by atoms with Crippen molar-refractivity contribution in [3.8, 4) is 0 Å². The van der Waals surface area contributed by atoms with Crippen molar-refractivity contribution in [1.29, 1.82) is 0 Å². The second-order valence-electron chi connectivity index (χ2n) is 7.90. The minimum atomic E-state index is -3.80. The van der Waals surface area contributed by atoms with Gasteiger partial charge in [-0.2, -0.15) is 9.40 Å². The summed E-state index contributed by atoms with van der Waals surface area (Å²) in [7, 11) is -3.80. The number of halogens is 1. The number of amides is 1. The number of rotatable bonds is 4. The van der Waals surface area contributed by atoms with Crippen molar-refractivity contribution in [2.75, 3.05) is 13.1 Å². The molecule has 0 unspecified atom stereocenters. The second-order valence-corrected chi connectivity index (χ2v) is 9.80. The van der Waals surface area contributed by atoms with Gasteiger partial charge in [0, 0.05) is 38.2 Å². The van der Waals surface area contributed by atoms with Gasteiger partial charge in [-0.05, 0) is 44.4 Å². The molecule has 3 heterocycles. The molecule has 2 aliphatic heterocycles. The summed E-state index contributed by atoms with van der Waals surface area (Å²) in [5.41, 5.74) is 0.416. The number of carbonyl (C=O) groups is 1. The molecule has 0 saturated carbocycles. The van der Waals surface area contributed by atoms with Crippen molar-refractivity contribution in [3.05, 3.63) is 47.5 Å². The van der Waals surface area contributed by atoms with Gasteiger partial charge in [-0.25, -0.2) is 12.8 Å². The normalized spacial score (nSPS) is 25.5. The first-order valence-electron chi connectivity index (χ1n) is 9.86. The van der Waals surface area contributed by atoms with E-state index in [0.29, 0.717) is 37.1 Å². The molecule has 2 aromatic rings. The fourth-order valence-corrected chi connectivity index (χ4v) is 6.29. The van der Waals surface area contributed by atoms with E-state index >= 15 is 0 Å². The molecule has 0 aliphatic carbocycles. The van der Waals surface area contributed by atoms with Crippen molar-refractivity contribution in [3.63, 3.8) is 0 Å². The van der Waals surface area contributed by atoms with Crippen LogP contribution in [-0.2, 0) is 21.4 Å². The summed E-state index contributed by atoms with van der Waals surface area (Å²) in [6.45, 7) is 4.49. The fraction of sp³-hybridized carbons (Fsp3) is 0.500. The fourth-order valence-electron chi connectivity index (χ4n) is 4.60. The Morgan fingerprint density at radius 2 is 2.17 bits per heavy atom. The van der Waals surface area contributed by atoms with Crippen LogP contribution in [0, 0.1) is 12.7 Å². The lowest BCUT2D eigenvalue weighted by molar-refractivity contribution is -0.125. The van der Waals surface area contributed by atoms with E-state index in [1.54, 1.807) is 29.9 Å². The minimum absolute atomic E-state index is 0.0908. The van der Waals surface area contributed by atoms with Crippen LogP contribution in [0.5, 0.6) is 0 Å². The zero-order valence-corrected chi connectivity index (χ0v) is 17.4. The van der Waals surface area contributed by atoms with E-state index in [2.05, 4.69) is 10.4 Å². The Bertz CT molecular complexity index is 1050. The van der Waals surface area contributed by atoms with Gasteiger partial charge in [-0.3, -0.25) is 9.48 Å². The molecule has 2 aliphatic rings. The Balaban J connectivity index is 1.75. The molecule has 7 nitrogen and oxygen atoms in total. The first kappa shape index (κ1) is 20.0. The Morgan fingerprint density at radius 3 is 2.83 bits per heavy atom. The number of hydrogen-bond acceptors (Lipinski definition) is 4. The topological polar surface area (TPSA) is 84.3 Å². The average Bonchev–Trinajstić information content (AvgIpc) is 3.23. The Hall–Kier alpha value is -2.26. The largest absolute Gasteiger partial charge is 0.349 e. The van der Waals surface area contributed by atoms with E-state index in [-0.39, 0.29) is 35.6 Å². The molecule has 1 spiro atoms. The lowest BCUT2D eigenvalue weighted by Gasteiger charge is -2.39. The molecule has 0 bridgehead atoms. The highest BCUT2D eigenvalue weighted by Crippen LogP contribution is 2.43. The summed E-state index contributed by atoms with van der Waals surface area (Å²) in [6, 6.07) is 6.22. The molecule has 2 fully saturated rings. The highest BCUT2D eigenvalue weighted by molar-refractivity contribution is 7.89. The molecule has 156 valence electrons. The monoisotopic (exact) mass is 420 g/mol. The van der Waals surface area contributed by atoms with Crippen LogP contribution in [0.15, 0.2) is 35.4 Å². The number of nitrogens with zero attached hydrogens (tertiary/aromatic N) is 3. The van der Waals surface area contributed by atoms with E-state index in [9.17, 15) is 17.6 Å². The predicted octanol–water partition coefficient (Wildman–Crippen LogP) is 2.18. The molecular formula is C20H25FN4O3S. The molecule has 9 heteroatoms. The van der Waals surface area contributed by atoms with Gasteiger partial charge in [0.1, 0.15) is 10.7 Å². The predicted molar refractivity (Wildman–Crippen MR) is 105 cm³/mol. The number of carbonyl (C=O) groups excluding carboxylic acids is 1. The van der Waals surface area contributed by atoms with Gasteiger partial charge in [-0.1, -0.05) is 12.1 Å². The third-order valence-electron chi connectivity index (χ3n) is 6.02. The third-order valence-corrected chi connectivity index (χ3v) is 7.94. The maximum atomic E-state index is 13.9. The van der Waals surface area contributed by atoms with E-state index < -0.39 is 15.6 Å². The van der Waals surface area contributed by atoms with E-state index in [0.717, 1.165) is 0 Å². The van der Waals surface area contributed by atoms with Gasteiger partial charge in [0.05, 0.1) is 11.2 Å². The first-order chi connectivity index (χ1) is 13.7. The summed E-state index contributed by atoms with van der Waals surface area (Å²) in [5, 5.41) is 7.32. The van der Waals surface area contributed by atoms with Crippen molar-refractivity contribution in [2.45, 2.75) is 56.0 Å². The van der Waals surface area contributed by atoms with Crippen LogP contribution in [0.25, 0.3) is 0 Å². The van der Waals surface area contributed by atoms with Gasteiger partial charge in [-0.15, -0.1) is 0 Å². The molecule has 2 atom stereocenters. The lowest BCUT2D eigenvalue weighted by atomic mass is 9.76. The molecule has 4 rings (SSSR count). The van der Waals surface area contributed by atoms with Crippen molar-refractivity contribution in [2.24, 2.45) is 0 Å². The summed E-state index contributed by atoms with van der Waals surface area (Å²) in [6.07, 6.45) is 3.30. The number of benzene rings is 1. The van der Waals surface area contributed by atoms with E-state index in [1.165, 1.54) is 16.4 Å². The number of sulfonamides is 1. The number of aromatic nitrogens is 2. The molecule has 0 radical (unpaired) electrons. The Kier molecular flexibility index (Phi) is 4.98. The molecule has 1 aromatic heterocycles. The summed E-state index contributed by atoms with van der Waals surface area (Å²) in [4.78, 5) is 12.4. The molecule has 29 heavy (non-hydrogen) atoms. The third kappa shape index (κ3) is 3.46. The van der Waals surface area contributed by atoms with Gasteiger partial charge >= 0.3 is 0 Å². The van der Waals surface area contributed by atoms with Gasteiger partial charge < -0.3 is 5.32 Å². The minimum Gasteiger partial charge on any atom is -0.349 e. The SMILES string of the molecule is CCn1cc(S(=O)(=O)N2C[C@@H](c3cccc(F)c3)[C@@]3(CCCC(=O)N3)C2)c(C)n1. The number of aryl methyl sites for hydroxylation is 2.